The van der Waals surface area contributed by atoms with Crippen LogP contribution in [0.5, 0.6) is 0 Å². The molecule has 3 rings (SSSR count). The zero-order valence-electron chi connectivity index (χ0n) is 15.5. The van der Waals surface area contributed by atoms with Crippen molar-refractivity contribution < 1.29 is 16.8 Å². The molecule has 0 aliphatic carbocycles. The highest BCUT2D eigenvalue weighted by molar-refractivity contribution is 7.89. The van der Waals surface area contributed by atoms with E-state index in [1.54, 1.807) is 24.3 Å². The fraction of sp³-hybridized carbons (Fsp3) is 0.333. The summed E-state index contributed by atoms with van der Waals surface area (Å²) in [4.78, 5) is 0.0403. The molecule has 1 heterocycles. The molecule has 0 bridgehead atoms. The van der Waals surface area contributed by atoms with Crippen LogP contribution in [0.3, 0.4) is 0 Å². The van der Waals surface area contributed by atoms with Gasteiger partial charge in [0, 0.05) is 26.2 Å². The van der Waals surface area contributed by atoms with E-state index < -0.39 is 20.0 Å². The summed E-state index contributed by atoms with van der Waals surface area (Å²) in [5.41, 5.74) is 1.04. The quantitative estimate of drug-likeness (QED) is 0.587. The molecule has 0 spiro atoms. The van der Waals surface area contributed by atoms with Crippen LogP contribution in [0.2, 0.25) is 15.1 Å². The first-order valence-corrected chi connectivity index (χ1v) is 12.8. The van der Waals surface area contributed by atoms with Crippen LogP contribution in [0, 0.1) is 0 Å². The molecular weight excluding hydrogens is 479 g/mol. The Kier molecular flexibility index (Phi) is 6.85. The molecule has 1 aliphatic heterocycles. The summed E-state index contributed by atoms with van der Waals surface area (Å²) in [6, 6.07) is 9.19. The third-order valence-electron chi connectivity index (χ3n) is 4.76. The Bertz CT molecular complexity index is 1110. The van der Waals surface area contributed by atoms with Gasteiger partial charge in [-0.2, -0.15) is 8.61 Å². The largest absolute Gasteiger partial charge is 0.244 e. The molecule has 1 fully saturated rings. The highest BCUT2D eigenvalue weighted by atomic mass is 35.5. The van der Waals surface area contributed by atoms with Crippen molar-refractivity contribution in [2.75, 3.05) is 26.2 Å². The predicted molar refractivity (Wildman–Crippen MR) is 115 cm³/mol. The van der Waals surface area contributed by atoms with Crippen LogP contribution in [0.15, 0.2) is 46.2 Å². The lowest BCUT2D eigenvalue weighted by Crippen LogP contribution is -2.50. The zero-order chi connectivity index (χ0) is 21.4. The molecule has 0 atom stereocenters. The maximum absolute atomic E-state index is 12.9. The van der Waals surface area contributed by atoms with Crippen LogP contribution in [0.1, 0.15) is 12.5 Å². The average Bonchev–Trinajstić information content (AvgIpc) is 2.70. The number of piperazine rings is 1. The van der Waals surface area contributed by atoms with E-state index in [2.05, 4.69) is 0 Å². The molecule has 158 valence electrons. The number of nitrogens with zero attached hydrogens (tertiary/aromatic N) is 2. The van der Waals surface area contributed by atoms with Gasteiger partial charge in [-0.25, -0.2) is 16.8 Å². The van der Waals surface area contributed by atoms with Gasteiger partial charge in [0.05, 0.1) is 20.0 Å². The Morgan fingerprint density at radius 3 is 1.76 bits per heavy atom. The van der Waals surface area contributed by atoms with Gasteiger partial charge < -0.3 is 0 Å². The van der Waals surface area contributed by atoms with Gasteiger partial charge in [-0.1, -0.05) is 53.9 Å². The molecule has 2 aromatic rings. The van der Waals surface area contributed by atoms with Crippen LogP contribution in [-0.4, -0.2) is 51.6 Å². The molecule has 0 aromatic heterocycles. The minimum Gasteiger partial charge on any atom is -0.207 e. The predicted octanol–water partition coefficient (Wildman–Crippen LogP) is 3.90. The van der Waals surface area contributed by atoms with E-state index in [9.17, 15) is 16.8 Å². The van der Waals surface area contributed by atoms with E-state index in [4.69, 9.17) is 34.8 Å². The molecule has 11 heteroatoms. The van der Waals surface area contributed by atoms with Gasteiger partial charge in [0.1, 0.15) is 4.90 Å². The smallest absolute Gasteiger partial charge is 0.207 e. The van der Waals surface area contributed by atoms with E-state index in [0.717, 1.165) is 12.0 Å². The van der Waals surface area contributed by atoms with E-state index in [1.165, 1.54) is 20.7 Å². The summed E-state index contributed by atoms with van der Waals surface area (Å²) < 4.78 is 54.1. The third-order valence-corrected chi connectivity index (χ3v) is 9.76. The number of sulfonamides is 2. The SMILES string of the molecule is CCc1ccc(S(=O)(=O)N2CCN(S(=O)(=O)c3cc(Cl)c(Cl)cc3Cl)CC2)cc1. The molecule has 0 radical (unpaired) electrons. The van der Waals surface area contributed by atoms with Crippen molar-refractivity contribution in [1.82, 2.24) is 8.61 Å². The molecule has 29 heavy (non-hydrogen) atoms. The van der Waals surface area contributed by atoms with Crippen molar-refractivity contribution in [1.29, 1.82) is 0 Å². The molecule has 1 aliphatic rings. The fourth-order valence-electron chi connectivity index (χ4n) is 3.04. The van der Waals surface area contributed by atoms with Gasteiger partial charge in [0.2, 0.25) is 20.0 Å². The maximum Gasteiger partial charge on any atom is 0.244 e. The molecule has 6 nitrogen and oxygen atoms in total. The Labute approximate surface area is 186 Å². The fourth-order valence-corrected chi connectivity index (χ4v) is 6.86. The van der Waals surface area contributed by atoms with Crippen LogP contribution in [-0.2, 0) is 26.5 Å². The van der Waals surface area contributed by atoms with Gasteiger partial charge >= 0.3 is 0 Å². The monoisotopic (exact) mass is 496 g/mol. The minimum absolute atomic E-state index is 0.00514. The van der Waals surface area contributed by atoms with E-state index >= 15 is 0 Å². The van der Waals surface area contributed by atoms with E-state index in [0.29, 0.717) is 0 Å². The molecule has 1 saturated heterocycles. The Balaban J connectivity index is 1.78. The number of rotatable bonds is 5. The van der Waals surface area contributed by atoms with Crippen LogP contribution >= 0.6 is 34.8 Å². The van der Waals surface area contributed by atoms with Crippen molar-refractivity contribution in [3.63, 3.8) is 0 Å². The molecule has 0 N–H and O–H groups in total. The summed E-state index contributed by atoms with van der Waals surface area (Å²) in [5.74, 6) is 0. The number of benzene rings is 2. The second-order valence-corrected chi connectivity index (χ2v) is 11.6. The molecule has 0 saturated carbocycles. The van der Waals surface area contributed by atoms with Crippen LogP contribution < -0.4 is 0 Å². The standard InChI is InChI=1S/C18H19Cl3N2O4S2/c1-2-13-3-5-14(6-4-13)28(24,25)22-7-9-23(10-8-22)29(26,27)18-12-16(20)15(19)11-17(18)21/h3-6,11-12H,2,7-10H2,1H3. The summed E-state index contributed by atoms with van der Waals surface area (Å²) in [7, 11) is -7.63. The molecular formula is C18H19Cl3N2O4S2. The lowest BCUT2D eigenvalue weighted by atomic mass is 10.2. The average molecular weight is 498 g/mol. The first kappa shape index (κ1) is 22.8. The maximum atomic E-state index is 12.9. The second-order valence-electron chi connectivity index (χ2n) is 6.50. The molecule has 0 amide bonds. The minimum atomic E-state index is -3.94. The van der Waals surface area contributed by atoms with Gasteiger partial charge in [-0.15, -0.1) is 0 Å². The van der Waals surface area contributed by atoms with Crippen molar-refractivity contribution in [3.05, 3.63) is 57.0 Å². The first-order valence-electron chi connectivity index (χ1n) is 8.81. The van der Waals surface area contributed by atoms with Gasteiger partial charge in [-0.3, -0.25) is 0 Å². The number of halogens is 3. The van der Waals surface area contributed by atoms with Crippen molar-refractivity contribution in [2.24, 2.45) is 0 Å². The number of hydrogen-bond donors (Lipinski definition) is 0. The Hall–Kier alpha value is -0.870. The number of aryl methyl sites for hydroxylation is 1. The van der Waals surface area contributed by atoms with Gasteiger partial charge in [0.15, 0.2) is 0 Å². The Morgan fingerprint density at radius 2 is 1.24 bits per heavy atom. The zero-order valence-corrected chi connectivity index (χ0v) is 19.4. The summed E-state index contributed by atoms with van der Waals surface area (Å²) in [5, 5.41) is 0.192. The highest BCUT2D eigenvalue weighted by Gasteiger charge is 2.35. The Morgan fingerprint density at radius 1 is 0.759 bits per heavy atom. The summed E-state index contributed by atoms with van der Waals surface area (Å²) in [6.07, 6.45) is 0.814. The summed E-state index contributed by atoms with van der Waals surface area (Å²) in [6.45, 7) is 2.08. The molecule has 0 unspecified atom stereocenters. The lowest BCUT2D eigenvalue weighted by molar-refractivity contribution is 0.273. The van der Waals surface area contributed by atoms with Gasteiger partial charge in [0.25, 0.3) is 0 Å². The van der Waals surface area contributed by atoms with Crippen LogP contribution in [0.25, 0.3) is 0 Å². The van der Waals surface area contributed by atoms with E-state index in [1.807, 2.05) is 6.92 Å². The lowest BCUT2D eigenvalue weighted by Gasteiger charge is -2.33. The van der Waals surface area contributed by atoms with Crippen LogP contribution in [0.4, 0.5) is 0 Å². The highest BCUT2D eigenvalue weighted by Crippen LogP contribution is 2.33. The first-order chi connectivity index (χ1) is 13.6. The van der Waals surface area contributed by atoms with Gasteiger partial charge in [-0.05, 0) is 36.2 Å². The van der Waals surface area contributed by atoms with Crippen molar-refractivity contribution in [3.8, 4) is 0 Å². The molecule has 2 aromatic carbocycles. The topological polar surface area (TPSA) is 74.8 Å². The summed E-state index contributed by atoms with van der Waals surface area (Å²) >= 11 is 17.9. The number of hydrogen-bond acceptors (Lipinski definition) is 4. The van der Waals surface area contributed by atoms with E-state index in [-0.39, 0.29) is 51.0 Å². The van der Waals surface area contributed by atoms with Crippen molar-refractivity contribution >= 4 is 54.8 Å². The third kappa shape index (κ3) is 4.58. The normalized spacial score (nSPS) is 16.8. The second kappa shape index (κ2) is 8.70. The van der Waals surface area contributed by atoms with Crippen molar-refractivity contribution in [2.45, 2.75) is 23.1 Å².